The number of hydrogen-bond donors (Lipinski definition) is 1. The van der Waals surface area contributed by atoms with E-state index < -0.39 is 5.91 Å². The molecule has 2 N–H and O–H groups in total. The Kier molecular flexibility index (Phi) is 20.8. The molecule has 5 heteroatoms. The van der Waals surface area contributed by atoms with Crippen LogP contribution in [0, 0.1) is 0 Å². The molecule has 31 heavy (non-hydrogen) atoms. The van der Waals surface area contributed by atoms with Crippen LogP contribution in [0.3, 0.4) is 0 Å². The summed E-state index contributed by atoms with van der Waals surface area (Å²) in [6.45, 7) is 4.16. The third kappa shape index (κ3) is 19.1. The Balaban J connectivity index is 3.98. The van der Waals surface area contributed by atoms with Gasteiger partial charge in [0.1, 0.15) is 6.54 Å². The summed E-state index contributed by atoms with van der Waals surface area (Å²) in [5.41, 5.74) is 5.27. The quantitative estimate of drug-likeness (QED) is 0.192. The van der Waals surface area contributed by atoms with Crippen molar-refractivity contribution in [3.05, 3.63) is 0 Å². The molecule has 0 rings (SSSR count). The van der Waals surface area contributed by atoms with E-state index in [1.165, 1.54) is 77.0 Å². The molecule has 0 aliphatic carbocycles. The van der Waals surface area contributed by atoms with E-state index in [1.54, 1.807) is 0 Å². The minimum Gasteiger partial charge on any atom is -0.368 e. The highest BCUT2D eigenvalue weighted by atomic mass is 16.2. The van der Waals surface area contributed by atoms with Crippen LogP contribution in [-0.2, 0) is 14.4 Å². The normalized spacial score (nSPS) is 10.9. The van der Waals surface area contributed by atoms with Crippen LogP contribution in [0.15, 0.2) is 0 Å². The first-order valence-electron chi connectivity index (χ1n) is 13.1. The molecule has 3 amide bonds. The summed E-state index contributed by atoms with van der Waals surface area (Å²) < 4.78 is 0. The number of primary amides is 1. The summed E-state index contributed by atoms with van der Waals surface area (Å²) in [5, 5.41) is 0. The molecule has 0 aliphatic heterocycles. The first-order valence-corrected chi connectivity index (χ1v) is 13.1. The number of hydrogen-bond acceptors (Lipinski definition) is 3. The van der Waals surface area contributed by atoms with Crippen LogP contribution in [0.2, 0.25) is 0 Å². The number of imide groups is 1. The van der Waals surface area contributed by atoms with Crippen molar-refractivity contribution in [2.45, 2.75) is 142 Å². The molecule has 0 aromatic rings. The van der Waals surface area contributed by atoms with Crippen molar-refractivity contribution in [3.8, 4) is 0 Å². The van der Waals surface area contributed by atoms with Gasteiger partial charge < -0.3 is 5.73 Å². The fourth-order valence-electron chi connectivity index (χ4n) is 3.91. The topological polar surface area (TPSA) is 80.5 Å². The van der Waals surface area contributed by atoms with Crippen LogP contribution in [-0.4, -0.2) is 29.2 Å². The smallest absolute Gasteiger partial charge is 0.237 e. The number of carbonyl (C=O) groups is 3. The molecule has 0 atom stereocenters. The van der Waals surface area contributed by atoms with Crippen molar-refractivity contribution < 1.29 is 14.4 Å². The third-order valence-electron chi connectivity index (χ3n) is 5.90. The van der Waals surface area contributed by atoms with E-state index in [2.05, 4.69) is 13.8 Å². The van der Waals surface area contributed by atoms with Crippen molar-refractivity contribution in [1.82, 2.24) is 4.90 Å². The Morgan fingerprint density at radius 2 is 0.806 bits per heavy atom. The lowest BCUT2D eigenvalue weighted by molar-refractivity contribution is -0.147. The number of nitrogens with zero attached hydrogens (tertiary/aromatic N) is 1. The van der Waals surface area contributed by atoms with Crippen LogP contribution < -0.4 is 5.73 Å². The zero-order valence-corrected chi connectivity index (χ0v) is 20.6. The van der Waals surface area contributed by atoms with Gasteiger partial charge in [-0.3, -0.25) is 19.3 Å². The molecule has 0 saturated carbocycles. The molecular formula is C26H50N2O3. The summed E-state index contributed by atoms with van der Waals surface area (Å²) in [7, 11) is 0. The molecule has 0 spiro atoms. The number of unbranched alkanes of at least 4 members (excludes halogenated alkanes) is 16. The molecule has 182 valence electrons. The summed E-state index contributed by atoms with van der Waals surface area (Å²) in [5.74, 6) is -1.12. The van der Waals surface area contributed by atoms with E-state index in [4.69, 9.17) is 5.73 Å². The second kappa shape index (κ2) is 21.8. The first-order chi connectivity index (χ1) is 15.0. The second-order valence-corrected chi connectivity index (χ2v) is 9.00. The summed E-state index contributed by atoms with van der Waals surface area (Å²) in [6, 6.07) is 0. The summed E-state index contributed by atoms with van der Waals surface area (Å²) in [4.78, 5) is 37.4. The predicted molar refractivity (Wildman–Crippen MR) is 130 cm³/mol. The van der Waals surface area contributed by atoms with Gasteiger partial charge in [-0.1, -0.05) is 117 Å². The summed E-state index contributed by atoms with van der Waals surface area (Å²) >= 11 is 0. The maximum absolute atomic E-state index is 12.5. The average Bonchev–Trinajstić information content (AvgIpc) is 2.74. The van der Waals surface area contributed by atoms with Crippen LogP contribution in [0.25, 0.3) is 0 Å². The Morgan fingerprint density at radius 1 is 0.516 bits per heavy atom. The maximum Gasteiger partial charge on any atom is 0.237 e. The fraction of sp³-hybridized carbons (Fsp3) is 0.885. The highest BCUT2D eigenvalue weighted by Crippen LogP contribution is 2.13. The SMILES string of the molecule is CCCCCCCCCCCC(=O)N(CC(N)=O)C(=O)CCCCCCCCCCC. The van der Waals surface area contributed by atoms with E-state index in [-0.39, 0.29) is 18.4 Å². The molecule has 0 radical (unpaired) electrons. The zero-order valence-electron chi connectivity index (χ0n) is 20.6. The molecule has 0 aliphatic rings. The minimum absolute atomic E-state index is 0.248. The fourth-order valence-corrected chi connectivity index (χ4v) is 3.91. The highest BCUT2D eigenvalue weighted by Gasteiger charge is 2.22. The lowest BCUT2D eigenvalue weighted by Gasteiger charge is -2.19. The van der Waals surface area contributed by atoms with Gasteiger partial charge in [0.15, 0.2) is 0 Å². The van der Waals surface area contributed by atoms with Crippen LogP contribution >= 0.6 is 0 Å². The Morgan fingerprint density at radius 3 is 1.10 bits per heavy atom. The monoisotopic (exact) mass is 438 g/mol. The molecule has 0 heterocycles. The van der Waals surface area contributed by atoms with Gasteiger partial charge in [-0.15, -0.1) is 0 Å². The standard InChI is InChI=1S/C26H50N2O3/c1-3-5-7-9-11-13-15-17-19-21-25(30)28(23-24(27)29)26(31)22-20-18-16-14-12-10-8-6-4-2/h3-23H2,1-2H3,(H2,27,29). The van der Waals surface area contributed by atoms with Crippen LogP contribution in [0.4, 0.5) is 0 Å². The molecule has 0 bridgehead atoms. The number of rotatable bonds is 22. The molecule has 0 aromatic heterocycles. The van der Waals surface area contributed by atoms with Gasteiger partial charge in [0.25, 0.3) is 0 Å². The molecule has 0 unspecified atom stereocenters. The van der Waals surface area contributed by atoms with Crippen molar-refractivity contribution in [2.75, 3.05) is 6.54 Å². The number of nitrogens with two attached hydrogens (primary N) is 1. The van der Waals surface area contributed by atoms with Gasteiger partial charge in [-0.2, -0.15) is 0 Å². The van der Waals surface area contributed by atoms with Gasteiger partial charge in [-0.05, 0) is 12.8 Å². The lowest BCUT2D eigenvalue weighted by Crippen LogP contribution is -2.42. The Labute approximate surface area is 191 Å². The number of amides is 3. The predicted octanol–water partition coefficient (Wildman–Crippen LogP) is 6.67. The van der Waals surface area contributed by atoms with E-state index in [9.17, 15) is 14.4 Å². The van der Waals surface area contributed by atoms with E-state index in [0.29, 0.717) is 12.8 Å². The molecule has 0 aromatic carbocycles. The molecule has 5 nitrogen and oxygen atoms in total. The average molecular weight is 439 g/mol. The Hall–Kier alpha value is -1.39. The zero-order chi connectivity index (χ0) is 23.2. The van der Waals surface area contributed by atoms with Crippen molar-refractivity contribution in [2.24, 2.45) is 5.73 Å². The van der Waals surface area contributed by atoms with Crippen molar-refractivity contribution in [3.63, 3.8) is 0 Å². The second-order valence-electron chi connectivity index (χ2n) is 9.00. The minimum atomic E-state index is -0.624. The largest absolute Gasteiger partial charge is 0.368 e. The van der Waals surface area contributed by atoms with E-state index in [0.717, 1.165) is 43.4 Å². The van der Waals surface area contributed by atoms with Gasteiger partial charge in [-0.25, -0.2) is 0 Å². The lowest BCUT2D eigenvalue weighted by atomic mass is 10.1. The van der Waals surface area contributed by atoms with Gasteiger partial charge in [0, 0.05) is 12.8 Å². The highest BCUT2D eigenvalue weighted by molar-refractivity contribution is 5.98. The van der Waals surface area contributed by atoms with Crippen LogP contribution in [0.5, 0.6) is 0 Å². The van der Waals surface area contributed by atoms with Crippen LogP contribution in [0.1, 0.15) is 142 Å². The van der Waals surface area contributed by atoms with Gasteiger partial charge in [0.05, 0.1) is 0 Å². The first kappa shape index (κ1) is 29.6. The number of carbonyl (C=O) groups excluding carboxylic acids is 3. The van der Waals surface area contributed by atoms with Gasteiger partial charge in [0.2, 0.25) is 17.7 Å². The summed E-state index contributed by atoms with van der Waals surface area (Å²) in [6.07, 6.45) is 21.8. The molecule has 0 fully saturated rings. The van der Waals surface area contributed by atoms with Gasteiger partial charge >= 0.3 is 0 Å². The van der Waals surface area contributed by atoms with E-state index >= 15 is 0 Å². The Bertz CT molecular complexity index is 432. The van der Waals surface area contributed by atoms with Crippen molar-refractivity contribution >= 4 is 17.7 Å². The van der Waals surface area contributed by atoms with Crippen molar-refractivity contribution in [1.29, 1.82) is 0 Å². The third-order valence-corrected chi connectivity index (χ3v) is 5.90. The molecule has 0 saturated heterocycles. The van der Waals surface area contributed by atoms with E-state index in [1.807, 2.05) is 0 Å². The molecular weight excluding hydrogens is 388 g/mol. The maximum atomic E-state index is 12.5.